The highest BCUT2D eigenvalue weighted by Crippen LogP contribution is 2.23. The zero-order chi connectivity index (χ0) is 19.4. The first-order valence-corrected chi connectivity index (χ1v) is 9.64. The van der Waals surface area contributed by atoms with Crippen molar-refractivity contribution in [2.45, 2.75) is 17.9 Å². The van der Waals surface area contributed by atoms with E-state index < -0.39 is 28.0 Å². The molecule has 1 aromatic carbocycles. The number of sulfonamides is 1. The summed E-state index contributed by atoms with van der Waals surface area (Å²) in [4.78, 5) is 27.0. The maximum absolute atomic E-state index is 12.8. The molecule has 0 aliphatic carbocycles. The van der Waals surface area contributed by atoms with Crippen LogP contribution in [0.15, 0.2) is 53.6 Å². The molecule has 3 rings (SSSR count). The number of carbonyl (C=O) groups is 2. The third-order valence-corrected chi connectivity index (χ3v) is 5.87. The molecule has 9 nitrogen and oxygen atoms in total. The summed E-state index contributed by atoms with van der Waals surface area (Å²) in [5, 5.41) is 4.48. The van der Waals surface area contributed by atoms with Gasteiger partial charge in [-0.05, 0) is 30.3 Å². The fraction of sp³-hybridized carbons (Fsp3) is 0.235. The third-order valence-electron chi connectivity index (χ3n) is 3.92. The number of nitrogens with zero attached hydrogens (tertiary/aromatic N) is 2. The second-order valence-electron chi connectivity index (χ2n) is 5.71. The van der Waals surface area contributed by atoms with Gasteiger partial charge in [-0.2, -0.15) is 4.31 Å². The van der Waals surface area contributed by atoms with Gasteiger partial charge < -0.3 is 10.1 Å². The van der Waals surface area contributed by atoms with Crippen molar-refractivity contribution in [3.05, 3.63) is 48.7 Å². The Bertz CT molecular complexity index is 932. The van der Waals surface area contributed by atoms with Gasteiger partial charge in [0.05, 0.1) is 4.90 Å². The number of urea groups is 1. The van der Waals surface area contributed by atoms with Crippen molar-refractivity contribution in [3.8, 4) is 11.6 Å². The molecule has 0 saturated carbocycles. The van der Waals surface area contributed by atoms with Crippen LogP contribution in [0.1, 0.15) is 6.92 Å². The predicted molar refractivity (Wildman–Crippen MR) is 95.6 cm³/mol. The summed E-state index contributed by atoms with van der Waals surface area (Å²) in [6, 6.07) is 9.57. The molecule has 3 amide bonds. The number of imide groups is 1. The lowest BCUT2D eigenvalue weighted by molar-refractivity contribution is -0.120. The van der Waals surface area contributed by atoms with Crippen molar-refractivity contribution in [3.63, 3.8) is 0 Å². The highest BCUT2D eigenvalue weighted by atomic mass is 32.2. The zero-order valence-electron chi connectivity index (χ0n) is 14.5. The van der Waals surface area contributed by atoms with E-state index in [4.69, 9.17) is 4.74 Å². The number of rotatable bonds is 7. The number of ether oxygens (including phenoxy) is 1. The molecule has 1 saturated heterocycles. The number of nitrogens with one attached hydrogen (secondary N) is 2. The Morgan fingerprint density at radius 1 is 1.15 bits per heavy atom. The molecule has 1 aliphatic heterocycles. The Hall–Kier alpha value is -2.98. The predicted octanol–water partition coefficient (Wildman–Crippen LogP) is 1.09. The average Bonchev–Trinajstić information content (AvgIpc) is 2.98. The van der Waals surface area contributed by atoms with E-state index in [0.717, 1.165) is 4.31 Å². The molecule has 0 bridgehead atoms. The van der Waals surface area contributed by atoms with E-state index in [1.807, 2.05) is 0 Å². The van der Waals surface area contributed by atoms with Crippen LogP contribution in [-0.2, 0) is 14.8 Å². The SMILES string of the molecule is CCN(CC1NC(=O)NC1=O)S(=O)(=O)c1ccc(Oc2ccccn2)cc1. The van der Waals surface area contributed by atoms with E-state index in [0.29, 0.717) is 11.6 Å². The van der Waals surface area contributed by atoms with Gasteiger partial charge in [0.2, 0.25) is 15.9 Å². The molecular formula is C17H18N4O5S. The van der Waals surface area contributed by atoms with Gasteiger partial charge >= 0.3 is 6.03 Å². The van der Waals surface area contributed by atoms with Crippen molar-refractivity contribution in [2.24, 2.45) is 0 Å². The molecular weight excluding hydrogens is 372 g/mol. The number of likely N-dealkylation sites (N-methyl/N-ethyl adjacent to an activating group) is 1. The van der Waals surface area contributed by atoms with Gasteiger partial charge in [-0.1, -0.05) is 13.0 Å². The van der Waals surface area contributed by atoms with E-state index in [2.05, 4.69) is 15.6 Å². The van der Waals surface area contributed by atoms with Gasteiger partial charge in [-0.3, -0.25) is 10.1 Å². The fourth-order valence-electron chi connectivity index (χ4n) is 2.55. The zero-order valence-corrected chi connectivity index (χ0v) is 15.3. The molecule has 1 unspecified atom stereocenters. The van der Waals surface area contributed by atoms with Gasteiger partial charge in [0, 0.05) is 25.4 Å². The largest absolute Gasteiger partial charge is 0.439 e. The fourth-order valence-corrected chi connectivity index (χ4v) is 4.01. The molecule has 1 aliphatic rings. The number of hydrogen-bond donors (Lipinski definition) is 2. The highest BCUT2D eigenvalue weighted by molar-refractivity contribution is 7.89. The number of benzene rings is 1. The normalized spacial score (nSPS) is 16.9. The van der Waals surface area contributed by atoms with E-state index in [-0.39, 0.29) is 18.0 Å². The Morgan fingerprint density at radius 3 is 2.44 bits per heavy atom. The van der Waals surface area contributed by atoms with Crippen LogP contribution in [0.4, 0.5) is 4.79 Å². The Labute approximate surface area is 156 Å². The summed E-state index contributed by atoms with van der Waals surface area (Å²) in [7, 11) is -3.84. The molecule has 2 aromatic rings. The number of aromatic nitrogens is 1. The number of hydrogen-bond acceptors (Lipinski definition) is 6. The average molecular weight is 390 g/mol. The quantitative estimate of drug-likeness (QED) is 0.684. The van der Waals surface area contributed by atoms with Crippen LogP contribution in [-0.4, -0.2) is 48.8 Å². The van der Waals surface area contributed by atoms with Crippen LogP contribution < -0.4 is 15.4 Å². The summed E-state index contributed by atoms with van der Waals surface area (Å²) >= 11 is 0. The van der Waals surface area contributed by atoms with Gasteiger partial charge in [0.15, 0.2) is 0 Å². The standard InChI is InChI=1S/C17H18N4O5S/c1-2-21(11-14-16(22)20-17(23)19-14)27(24,25)13-8-6-12(7-9-13)26-15-5-3-4-10-18-15/h3-10,14H,2,11H2,1H3,(H2,19,20,22,23). The van der Waals surface area contributed by atoms with Gasteiger partial charge in [-0.25, -0.2) is 18.2 Å². The van der Waals surface area contributed by atoms with Crippen molar-refractivity contribution >= 4 is 22.0 Å². The molecule has 10 heteroatoms. The molecule has 0 spiro atoms. The van der Waals surface area contributed by atoms with Crippen LogP contribution in [0.25, 0.3) is 0 Å². The molecule has 0 radical (unpaired) electrons. The van der Waals surface area contributed by atoms with Gasteiger partial charge in [-0.15, -0.1) is 0 Å². The maximum Gasteiger partial charge on any atom is 0.322 e. The van der Waals surface area contributed by atoms with E-state index in [1.165, 1.54) is 24.3 Å². The lowest BCUT2D eigenvalue weighted by Crippen LogP contribution is -2.44. The molecule has 1 aromatic heterocycles. The molecule has 1 fully saturated rings. The number of carbonyl (C=O) groups excluding carboxylic acids is 2. The minimum atomic E-state index is -3.84. The first kappa shape index (κ1) is 18.8. The summed E-state index contributed by atoms with van der Waals surface area (Å²) < 4.78 is 32.4. The summed E-state index contributed by atoms with van der Waals surface area (Å²) in [6.45, 7) is 1.65. The van der Waals surface area contributed by atoms with Crippen LogP contribution in [0, 0.1) is 0 Å². The Balaban J connectivity index is 1.74. The van der Waals surface area contributed by atoms with Gasteiger partial charge in [0.25, 0.3) is 5.91 Å². The summed E-state index contributed by atoms with van der Waals surface area (Å²) in [6.07, 6.45) is 1.59. The lowest BCUT2D eigenvalue weighted by atomic mass is 10.3. The summed E-state index contributed by atoms with van der Waals surface area (Å²) in [5.41, 5.74) is 0. The van der Waals surface area contributed by atoms with Crippen molar-refractivity contribution in [1.29, 1.82) is 0 Å². The molecule has 2 N–H and O–H groups in total. The minimum absolute atomic E-state index is 0.0578. The Morgan fingerprint density at radius 2 is 1.89 bits per heavy atom. The first-order chi connectivity index (χ1) is 12.9. The van der Waals surface area contributed by atoms with E-state index >= 15 is 0 Å². The lowest BCUT2D eigenvalue weighted by Gasteiger charge is -2.22. The van der Waals surface area contributed by atoms with E-state index in [9.17, 15) is 18.0 Å². The van der Waals surface area contributed by atoms with E-state index in [1.54, 1.807) is 31.3 Å². The summed E-state index contributed by atoms with van der Waals surface area (Å²) in [5.74, 6) is 0.289. The number of amides is 3. The molecule has 1 atom stereocenters. The third kappa shape index (κ3) is 4.23. The second-order valence-corrected chi connectivity index (χ2v) is 7.65. The topological polar surface area (TPSA) is 118 Å². The van der Waals surface area contributed by atoms with Crippen molar-refractivity contribution in [1.82, 2.24) is 19.9 Å². The minimum Gasteiger partial charge on any atom is -0.439 e. The highest BCUT2D eigenvalue weighted by Gasteiger charge is 2.34. The van der Waals surface area contributed by atoms with Gasteiger partial charge in [0.1, 0.15) is 11.8 Å². The first-order valence-electron chi connectivity index (χ1n) is 8.20. The number of pyridine rings is 1. The van der Waals surface area contributed by atoms with Crippen molar-refractivity contribution < 1.29 is 22.7 Å². The van der Waals surface area contributed by atoms with Crippen LogP contribution in [0.5, 0.6) is 11.6 Å². The molecule has 142 valence electrons. The Kier molecular flexibility index (Phi) is 5.38. The molecule has 2 heterocycles. The smallest absolute Gasteiger partial charge is 0.322 e. The van der Waals surface area contributed by atoms with Crippen molar-refractivity contribution in [2.75, 3.05) is 13.1 Å². The maximum atomic E-state index is 12.8. The van der Waals surface area contributed by atoms with Crippen LogP contribution in [0.2, 0.25) is 0 Å². The van der Waals surface area contributed by atoms with Crippen LogP contribution in [0.3, 0.4) is 0 Å². The monoisotopic (exact) mass is 390 g/mol. The van der Waals surface area contributed by atoms with Crippen LogP contribution >= 0.6 is 0 Å². The second kappa shape index (κ2) is 7.72. The molecule has 27 heavy (non-hydrogen) atoms.